The van der Waals surface area contributed by atoms with Gasteiger partial charge in [-0.15, -0.1) is 0 Å². The minimum atomic E-state index is -0.949. The summed E-state index contributed by atoms with van der Waals surface area (Å²) in [7, 11) is 2.97. The maximum absolute atomic E-state index is 11.8. The van der Waals surface area contributed by atoms with Crippen LogP contribution in [0.1, 0.15) is 13.3 Å². The average molecular weight is 258 g/mol. The Kier molecular flexibility index (Phi) is 3.89. The first-order valence-electron chi connectivity index (χ1n) is 5.88. The summed E-state index contributed by atoms with van der Waals surface area (Å²) in [6.45, 7) is 1.80. The van der Waals surface area contributed by atoms with E-state index >= 15 is 0 Å². The van der Waals surface area contributed by atoms with Gasteiger partial charge in [0.25, 0.3) is 0 Å². The molecule has 0 aromatic heterocycles. The van der Waals surface area contributed by atoms with Gasteiger partial charge >= 0.3 is 5.97 Å². The maximum Gasteiger partial charge on any atom is 0.337 e. The van der Waals surface area contributed by atoms with Crippen LogP contribution >= 0.6 is 0 Å². The number of fused-ring (bicyclic) bond motifs is 1. The van der Waals surface area contributed by atoms with Crippen LogP contribution in [-0.2, 0) is 23.7 Å². The molecule has 0 radical (unpaired) electrons. The van der Waals surface area contributed by atoms with Gasteiger partial charge in [0.2, 0.25) is 0 Å². The van der Waals surface area contributed by atoms with Gasteiger partial charge < -0.3 is 24.1 Å². The lowest BCUT2D eigenvalue weighted by atomic mass is 9.76. The monoisotopic (exact) mass is 258 g/mol. The summed E-state index contributed by atoms with van der Waals surface area (Å²) in [4.78, 5) is 11.8. The van der Waals surface area contributed by atoms with Gasteiger partial charge in [-0.2, -0.15) is 0 Å². The van der Waals surface area contributed by atoms with Gasteiger partial charge in [0.1, 0.15) is 6.10 Å². The lowest BCUT2D eigenvalue weighted by Crippen LogP contribution is -2.52. The Morgan fingerprint density at radius 3 is 2.78 bits per heavy atom. The molecule has 6 heteroatoms. The van der Waals surface area contributed by atoms with Crippen LogP contribution in [0.3, 0.4) is 0 Å². The van der Waals surface area contributed by atoms with E-state index in [2.05, 4.69) is 0 Å². The Hall–Kier alpha value is -1.11. The number of aliphatic hydroxyl groups is 1. The van der Waals surface area contributed by atoms with E-state index in [1.807, 2.05) is 0 Å². The topological polar surface area (TPSA) is 74.2 Å². The van der Waals surface area contributed by atoms with Gasteiger partial charge in [0, 0.05) is 19.4 Å². The Labute approximate surface area is 105 Å². The molecule has 0 unspecified atom stereocenters. The minimum Gasteiger partial charge on any atom is -0.504 e. The van der Waals surface area contributed by atoms with Gasteiger partial charge in [-0.25, -0.2) is 4.79 Å². The van der Waals surface area contributed by atoms with E-state index in [9.17, 15) is 9.90 Å². The number of hydrogen-bond acceptors (Lipinski definition) is 6. The normalized spacial score (nSPS) is 42.3. The van der Waals surface area contributed by atoms with Crippen LogP contribution in [0.2, 0.25) is 0 Å². The molecule has 2 aliphatic heterocycles. The molecule has 2 aliphatic rings. The fourth-order valence-corrected chi connectivity index (χ4v) is 2.69. The number of hydrogen-bond donors (Lipinski definition) is 1. The van der Waals surface area contributed by atoms with E-state index in [4.69, 9.17) is 18.9 Å². The van der Waals surface area contributed by atoms with Crippen LogP contribution in [-0.4, -0.2) is 44.0 Å². The number of ether oxygens (including phenoxy) is 4. The van der Waals surface area contributed by atoms with Crippen LogP contribution in [0.15, 0.2) is 11.8 Å². The zero-order valence-electron chi connectivity index (χ0n) is 10.7. The molecule has 2 rings (SSSR count). The highest BCUT2D eigenvalue weighted by molar-refractivity contribution is 5.89. The van der Waals surface area contributed by atoms with Crippen molar-refractivity contribution < 1.29 is 28.8 Å². The number of esters is 1. The summed E-state index contributed by atoms with van der Waals surface area (Å²) in [5.41, 5.74) is 0.421. The molecule has 2 heterocycles. The van der Waals surface area contributed by atoms with Gasteiger partial charge in [0.15, 0.2) is 12.6 Å². The van der Waals surface area contributed by atoms with Gasteiger partial charge in [-0.3, -0.25) is 0 Å². The third-order valence-electron chi connectivity index (χ3n) is 3.47. The molecular weight excluding hydrogens is 240 g/mol. The van der Waals surface area contributed by atoms with Crippen molar-refractivity contribution in [3.8, 4) is 0 Å². The zero-order valence-corrected chi connectivity index (χ0v) is 10.7. The Bertz CT molecular complexity index is 352. The highest BCUT2D eigenvalue weighted by atomic mass is 16.7. The molecule has 0 amide bonds. The average Bonchev–Trinajstić information content (AvgIpc) is 2.32. The van der Waals surface area contributed by atoms with Crippen LogP contribution in [0.4, 0.5) is 0 Å². The van der Waals surface area contributed by atoms with Crippen molar-refractivity contribution in [2.45, 2.75) is 32.0 Å². The third kappa shape index (κ3) is 2.23. The van der Waals surface area contributed by atoms with Gasteiger partial charge in [-0.1, -0.05) is 0 Å². The summed E-state index contributed by atoms with van der Waals surface area (Å²) < 4.78 is 20.7. The number of aliphatic hydroxyl groups excluding tert-OH is 1. The molecule has 5 atom stereocenters. The molecule has 2 saturated heterocycles. The number of methoxy groups -OCH3 is 2. The summed E-state index contributed by atoms with van der Waals surface area (Å²) in [6.07, 6.45) is -0.166. The first-order valence-corrected chi connectivity index (χ1v) is 5.88. The van der Waals surface area contributed by atoms with Crippen molar-refractivity contribution in [3.05, 3.63) is 11.8 Å². The van der Waals surface area contributed by atoms with Crippen molar-refractivity contribution in [1.82, 2.24) is 0 Å². The molecule has 18 heavy (non-hydrogen) atoms. The number of rotatable bonds is 2. The van der Waals surface area contributed by atoms with Gasteiger partial charge in [0.05, 0.1) is 24.9 Å². The predicted octanol–water partition coefficient (Wildman–Crippen LogP) is 0.406. The third-order valence-corrected chi connectivity index (χ3v) is 3.47. The molecule has 0 bridgehead atoms. The maximum atomic E-state index is 11.8. The molecule has 0 saturated carbocycles. The van der Waals surface area contributed by atoms with E-state index in [1.54, 1.807) is 6.92 Å². The predicted molar refractivity (Wildman–Crippen MR) is 60.1 cm³/mol. The molecular formula is C12H18O6. The second-order valence-corrected chi connectivity index (χ2v) is 4.53. The van der Waals surface area contributed by atoms with E-state index in [1.165, 1.54) is 20.5 Å². The molecule has 0 spiro atoms. The minimum absolute atomic E-state index is 0.141. The van der Waals surface area contributed by atoms with E-state index < -0.39 is 18.5 Å². The molecule has 0 aromatic carbocycles. The number of carbonyl (C=O) groups excluding carboxylic acids is 1. The van der Waals surface area contributed by atoms with E-state index in [0.29, 0.717) is 12.0 Å². The van der Waals surface area contributed by atoms with Crippen LogP contribution in [0.25, 0.3) is 0 Å². The van der Waals surface area contributed by atoms with Crippen LogP contribution in [0, 0.1) is 11.8 Å². The molecule has 102 valence electrons. The molecule has 0 aliphatic carbocycles. The Morgan fingerprint density at radius 1 is 1.44 bits per heavy atom. The smallest absolute Gasteiger partial charge is 0.337 e. The second-order valence-electron chi connectivity index (χ2n) is 4.53. The lowest BCUT2D eigenvalue weighted by Gasteiger charge is -2.45. The standard InChI is InChI=1S/C12H18O6/c1-6-10-7(4-9(13)18-12(10)16-3)8(5-15-2)11(14)17-6/h5-7,9-10,12-13H,4H2,1-3H3/b8-5+/t6-,7+,9-,10-,12-/m0/s1. The van der Waals surface area contributed by atoms with Gasteiger partial charge in [-0.05, 0) is 6.92 Å². The van der Waals surface area contributed by atoms with E-state index in [-0.39, 0.29) is 17.9 Å². The summed E-state index contributed by atoms with van der Waals surface area (Å²) >= 11 is 0. The highest BCUT2D eigenvalue weighted by Crippen LogP contribution is 2.42. The first-order chi connectivity index (χ1) is 8.58. The molecule has 6 nitrogen and oxygen atoms in total. The SMILES string of the molecule is CO/C=C1/C(=O)O[C@@H](C)[C@@H]2[C@@H](OC)O[C@H](O)C[C@H]12. The second kappa shape index (κ2) is 5.26. The van der Waals surface area contributed by atoms with Crippen molar-refractivity contribution in [2.24, 2.45) is 11.8 Å². The fourth-order valence-electron chi connectivity index (χ4n) is 2.69. The number of cyclic esters (lactones) is 1. The summed E-state index contributed by atoms with van der Waals surface area (Å²) in [5, 5.41) is 9.69. The van der Waals surface area contributed by atoms with E-state index in [0.717, 1.165) is 0 Å². The zero-order chi connectivity index (χ0) is 13.3. The fraction of sp³-hybridized carbons (Fsp3) is 0.750. The van der Waals surface area contributed by atoms with Crippen molar-refractivity contribution in [2.75, 3.05) is 14.2 Å². The Morgan fingerprint density at radius 2 is 2.17 bits per heavy atom. The number of carbonyl (C=O) groups is 1. The van der Waals surface area contributed by atoms with Crippen molar-refractivity contribution >= 4 is 5.97 Å². The molecule has 1 N–H and O–H groups in total. The Balaban J connectivity index is 2.32. The lowest BCUT2D eigenvalue weighted by molar-refractivity contribution is -0.291. The molecule has 2 fully saturated rings. The largest absolute Gasteiger partial charge is 0.504 e. The summed E-state index contributed by atoms with van der Waals surface area (Å²) in [5.74, 6) is -0.734. The van der Waals surface area contributed by atoms with Crippen molar-refractivity contribution in [1.29, 1.82) is 0 Å². The summed E-state index contributed by atoms with van der Waals surface area (Å²) in [6, 6.07) is 0. The molecule has 0 aromatic rings. The highest BCUT2D eigenvalue weighted by Gasteiger charge is 2.49. The first kappa shape index (κ1) is 13.3. The van der Waals surface area contributed by atoms with Crippen LogP contribution in [0.5, 0.6) is 0 Å². The van der Waals surface area contributed by atoms with Crippen molar-refractivity contribution in [3.63, 3.8) is 0 Å². The van der Waals surface area contributed by atoms with Crippen LogP contribution < -0.4 is 0 Å². The quantitative estimate of drug-likeness (QED) is 0.439.